The van der Waals surface area contributed by atoms with Crippen LogP contribution < -0.4 is 11.1 Å². The predicted octanol–water partition coefficient (Wildman–Crippen LogP) is 3.84. The maximum absolute atomic E-state index is 12.3. The molecule has 0 aliphatic carbocycles. The van der Waals surface area contributed by atoms with Gasteiger partial charge in [-0.1, -0.05) is 35.0 Å². The van der Waals surface area contributed by atoms with Crippen LogP contribution in [-0.4, -0.2) is 17.4 Å². The zero-order valence-corrected chi connectivity index (χ0v) is 17.6. The van der Waals surface area contributed by atoms with Crippen molar-refractivity contribution in [1.82, 2.24) is 10.3 Å². The number of benzene rings is 1. The summed E-state index contributed by atoms with van der Waals surface area (Å²) in [4.78, 5) is 17.9. The minimum atomic E-state index is -1.04. The summed E-state index contributed by atoms with van der Waals surface area (Å²) < 4.78 is 0.961. The number of halogens is 3. The van der Waals surface area contributed by atoms with Crippen LogP contribution in [0.15, 0.2) is 34.9 Å². The molecule has 0 fully saturated rings. The summed E-state index contributed by atoms with van der Waals surface area (Å²) in [5.41, 5.74) is 5.94. The molecule has 24 heavy (non-hydrogen) atoms. The fourth-order valence-electron chi connectivity index (χ4n) is 2.02. The second kappa shape index (κ2) is 10.4. The van der Waals surface area contributed by atoms with Crippen molar-refractivity contribution in [2.75, 3.05) is 6.54 Å². The number of carbonyl (C=O) groups excluding carboxylic acids is 1. The maximum Gasteiger partial charge on any atom is 0.244 e. The number of nitrogens with two attached hydrogens (primary N) is 1. The fraction of sp³-hybridized carbons (Fsp3) is 0.375. The number of hydrogen-bond acceptors (Lipinski definition) is 4. The molecule has 3 N–H and O–H groups in total. The smallest absolute Gasteiger partial charge is 0.244 e. The van der Waals surface area contributed by atoms with E-state index < -0.39 is 5.54 Å². The van der Waals surface area contributed by atoms with Crippen LogP contribution in [0.1, 0.15) is 29.3 Å². The van der Waals surface area contributed by atoms with Crippen molar-refractivity contribution < 1.29 is 4.79 Å². The molecule has 0 saturated carbocycles. The third-order valence-corrected chi connectivity index (χ3v) is 5.22. The van der Waals surface area contributed by atoms with Gasteiger partial charge in [0, 0.05) is 28.5 Å². The van der Waals surface area contributed by atoms with Crippen LogP contribution in [0.5, 0.6) is 0 Å². The van der Waals surface area contributed by atoms with E-state index in [9.17, 15) is 4.79 Å². The highest BCUT2D eigenvalue weighted by Crippen LogP contribution is 2.20. The predicted molar refractivity (Wildman–Crippen MR) is 108 cm³/mol. The summed E-state index contributed by atoms with van der Waals surface area (Å²) in [6.07, 6.45) is 3.62. The normalized spacial score (nSPS) is 12.5. The third kappa shape index (κ3) is 6.01. The van der Waals surface area contributed by atoms with Crippen LogP contribution in [0.2, 0.25) is 0 Å². The quantitative estimate of drug-likeness (QED) is 0.696. The van der Waals surface area contributed by atoms with Crippen molar-refractivity contribution in [2.45, 2.75) is 32.2 Å². The first-order valence-electron chi connectivity index (χ1n) is 7.20. The van der Waals surface area contributed by atoms with Gasteiger partial charge in [-0.05, 0) is 31.0 Å². The van der Waals surface area contributed by atoms with E-state index in [0.717, 1.165) is 27.9 Å². The second-order valence-electron chi connectivity index (χ2n) is 5.29. The number of rotatable bonds is 6. The molecule has 1 amide bonds. The van der Waals surface area contributed by atoms with Crippen molar-refractivity contribution in [1.29, 1.82) is 0 Å². The van der Waals surface area contributed by atoms with Crippen molar-refractivity contribution in [3.8, 4) is 0 Å². The molecule has 0 radical (unpaired) electrons. The Balaban J connectivity index is 0.00000264. The van der Waals surface area contributed by atoms with Gasteiger partial charge >= 0.3 is 0 Å². The van der Waals surface area contributed by atoms with E-state index in [1.165, 1.54) is 4.88 Å². The SMILES string of the molecule is CCc1cnc(CCNC(=O)C(C)(N)c2ccc(Br)cc2)s1.Cl.Cl. The lowest BCUT2D eigenvalue weighted by Gasteiger charge is -2.24. The Morgan fingerprint density at radius 1 is 1.33 bits per heavy atom. The summed E-state index contributed by atoms with van der Waals surface area (Å²) in [5, 5.41) is 3.94. The number of thiazole rings is 1. The summed E-state index contributed by atoms with van der Waals surface area (Å²) in [6, 6.07) is 7.49. The summed E-state index contributed by atoms with van der Waals surface area (Å²) in [6.45, 7) is 4.38. The van der Waals surface area contributed by atoms with E-state index >= 15 is 0 Å². The van der Waals surface area contributed by atoms with Gasteiger partial charge in [0.05, 0.1) is 5.01 Å². The standard InChI is InChI=1S/C16H20BrN3OS.2ClH/c1-3-13-10-20-14(22-13)8-9-19-15(21)16(2,18)11-4-6-12(17)7-5-11;;/h4-7,10H,3,8-9,18H2,1-2H3,(H,19,21);2*1H. The Kier molecular flexibility index (Phi) is 10.1. The molecule has 0 aliphatic heterocycles. The zero-order chi connectivity index (χ0) is 16.2. The van der Waals surface area contributed by atoms with E-state index in [2.05, 4.69) is 33.2 Å². The van der Waals surface area contributed by atoms with Gasteiger partial charge in [0.15, 0.2) is 0 Å². The molecular formula is C16H22BrCl2N3OS. The molecule has 134 valence electrons. The minimum absolute atomic E-state index is 0. The second-order valence-corrected chi connectivity index (χ2v) is 7.40. The topological polar surface area (TPSA) is 68.0 Å². The average Bonchev–Trinajstić information content (AvgIpc) is 2.95. The Morgan fingerprint density at radius 2 is 1.96 bits per heavy atom. The van der Waals surface area contributed by atoms with Crippen LogP contribution in [0.3, 0.4) is 0 Å². The van der Waals surface area contributed by atoms with Crippen LogP contribution in [0.25, 0.3) is 0 Å². The highest BCUT2D eigenvalue weighted by molar-refractivity contribution is 9.10. The molecule has 2 rings (SSSR count). The van der Waals surface area contributed by atoms with Gasteiger partial charge in [-0.2, -0.15) is 0 Å². The lowest BCUT2D eigenvalue weighted by atomic mass is 9.92. The molecule has 1 aromatic heterocycles. The first-order valence-corrected chi connectivity index (χ1v) is 8.81. The molecule has 2 aromatic rings. The molecule has 0 saturated heterocycles. The number of nitrogens with zero attached hydrogens (tertiary/aromatic N) is 1. The number of hydrogen-bond donors (Lipinski definition) is 2. The molecule has 1 aromatic carbocycles. The number of aromatic nitrogens is 1. The molecule has 8 heteroatoms. The van der Waals surface area contributed by atoms with Crippen LogP contribution in [0.4, 0.5) is 0 Å². The van der Waals surface area contributed by atoms with Gasteiger partial charge in [0.25, 0.3) is 0 Å². The Bertz CT molecular complexity index is 647. The zero-order valence-electron chi connectivity index (χ0n) is 13.5. The van der Waals surface area contributed by atoms with E-state index in [1.54, 1.807) is 18.3 Å². The van der Waals surface area contributed by atoms with Crippen LogP contribution >= 0.6 is 52.1 Å². The Hall–Kier alpha value is -0.660. The number of amides is 1. The largest absolute Gasteiger partial charge is 0.354 e. The number of nitrogens with one attached hydrogen (secondary N) is 1. The number of aryl methyl sites for hydroxylation is 1. The monoisotopic (exact) mass is 453 g/mol. The number of carbonyl (C=O) groups is 1. The average molecular weight is 455 g/mol. The summed E-state index contributed by atoms with van der Waals surface area (Å²) in [5.74, 6) is -0.179. The lowest BCUT2D eigenvalue weighted by molar-refractivity contribution is -0.126. The molecule has 0 aliphatic rings. The van der Waals surface area contributed by atoms with E-state index in [0.29, 0.717) is 6.54 Å². The van der Waals surface area contributed by atoms with Gasteiger partial charge in [-0.15, -0.1) is 36.2 Å². The molecule has 0 bridgehead atoms. The molecule has 1 heterocycles. The summed E-state index contributed by atoms with van der Waals surface area (Å²) >= 11 is 5.07. The fourth-order valence-corrected chi connectivity index (χ4v) is 3.15. The molecular weight excluding hydrogens is 433 g/mol. The first kappa shape index (κ1) is 23.3. The van der Waals surface area contributed by atoms with Crippen molar-refractivity contribution in [3.63, 3.8) is 0 Å². The van der Waals surface area contributed by atoms with E-state index in [4.69, 9.17) is 5.73 Å². The first-order chi connectivity index (χ1) is 10.4. The molecule has 1 unspecified atom stereocenters. The van der Waals surface area contributed by atoms with Gasteiger partial charge in [-0.3, -0.25) is 4.79 Å². The van der Waals surface area contributed by atoms with Crippen molar-refractivity contribution in [3.05, 3.63) is 50.4 Å². The maximum atomic E-state index is 12.3. The van der Waals surface area contributed by atoms with Crippen LogP contribution in [-0.2, 0) is 23.2 Å². The van der Waals surface area contributed by atoms with Crippen LogP contribution in [0, 0.1) is 0 Å². The van der Waals surface area contributed by atoms with Crippen molar-refractivity contribution in [2.24, 2.45) is 5.73 Å². The van der Waals surface area contributed by atoms with Gasteiger partial charge in [0.2, 0.25) is 5.91 Å². The van der Waals surface area contributed by atoms with Crippen molar-refractivity contribution >= 4 is 58.0 Å². The lowest BCUT2D eigenvalue weighted by Crippen LogP contribution is -2.49. The van der Waals surface area contributed by atoms with Gasteiger partial charge < -0.3 is 11.1 Å². The van der Waals surface area contributed by atoms with Gasteiger partial charge in [-0.25, -0.2) is 4.98 Å². The van der Waals surface area contributed by atoms with Gasteiger partial charge in [0.1, 0.15) is 5.54 Å². The Labute approximate surface area is 167 Å². The molecule has 0 spiro atoms. The van der Waals surface area contributed by atoms with E-state index in [1.807, 2.05) is 30.5 Å². The highest BCUT2D eigenvalue weighted by Gasteiger charge is 2.30. The molecule has 4 nitrogen and oxygen atoms in total. The highest BCUT2D eigenvalue weighted by atomic mass is 79.9. The summed E-state index contributed by atoms with van der Waals surface area (Å²) in [7, 11) is 0. The van der Waals surface area contributed by atoms with E-state index in [-0.39, 0.29) is 30.7 Å². The molecule has 1 atom stereocenters. The third-order valence-electron chi connectivity index (χ3n) is 3.49. The minimum Gasteiger partial charge on any atom is -0.354 e. The Morgan fingerprint density at radius 3 is 2.50 bits per heavy atom.